The Kier molecular flexibility index (Phi) is 5.46. The van der Waals surface area contributed by atoms with Gasteiger partial charge in [0.2, 0.25) is 0 Å². The van der Waals surface area contributed by atoms with Crippen molar-refractivity contribution in [3.63, 3.8) is 0 Å². The number of aliphatic carboxylic acids is 1. The first-order valence-electron chi connectivity index (χ1n) is 8.69. The van der Waals surface area contributed by atoms with Crippen molar-refractivity contribution in [2.45, 2.75) is 32.3 Å². The van der Waals surface area contributed by atoms with Crippen LogP contribution in [0.1, 0.15) is 35.4 Å². The zero-order chi connectivity index (χ0) is 18.7. The first kappa shape index (κ1) is 18.3. The topological polar surface area (TPSA) is 89.2 Å². The van der Waals surface area contributed by atoms with Gasteiger partial charge >= 0.3 is 5.97 Å². The van der Waals surface area contributed by atoms with Crippen molar-refractivity contribution in [1.82, 2.24) is 4.90 Å². The predicted octanol–water partition coefficient (Wildman–Crippen LogP) is 2.85. The Morgan fingerprint density at radius 3 is 2.85 bits per heavy atom. The molecular formula is C19H23NO6. The molecule has 1 amide bonds. The zero-order valence-electron chi connectivity index (χ0n) is 15.0. The number of benzene rings is 1. The number of hydrogen-bond acceptors (Lipinski definition) is 5. The van der Waals surface area contributed by atoms with E-state index in [2.05, 4.69) is 0 Å². The smallest absolute Gasteiger partial charge is 0.305 e. The van der Waals surface area contributed by atoms with E-state index >= 15 is 0 Å². The maximum absolute atomic E-state index is 13.2. The van der Waals surface area contributed by atoms with Gasteiger partial charge in [-0.2, -0.15) is 0 Å². The summed E-state index contributed by atoms with van der Waals surface area (Å²) in [6.45, 7) is 2.92. The summed E-state index contributed by atoms with van der Waals surface area (Å²) in [5.41, 5.74) is 1.05. The number of ether oxygens (including phenoxy) is 2. The second-order valence-corrected chi connectivity index (χ2v) is 6.43. The number of nitrogens with zero attached hydrogens (tertiary/aromatic N) is 1. The predicted molar refractivity (Wildman–Crippen MR) is 94.6 cm³/mol. The molecule has 1 aliphatic heterocycles. The summed E-state index contributed by atoms with van der Waals surface area (Å²) in [6.07, 6.45) is 1.66. The number of carbonyl (C=O) groups excluding carboxylic acids is 1. The summed E-state index contributed by atoms with van der Waals surface area (Å²) in [6, 6.07) is 5.30. The van der Waals surface area contributed by atoms with Gasteiger partial charge in [-0.1, -0.05) is 0 Å². The first-order chi connectivity index (χ1) is 12.5. The van der Waals surface area contributed by atoms with Crippen LogP contribution in [0.5, 0.6) is 5.75 Å². The van der Waals surface area contributed by atoms with Crippen LogP contribution in [0.3, 0.4) is 0 Å². The molecule has 7 nitrogen and oxygen atoms in total. The molecule has 1 saturated heterocycles. The van der Waals surface area contributed by atoms with E-state index in [9.17, 15) is 9.59 Å². The Hall–Kier alpha value is -2.54. The molecule has 0 unspecified atom stereocenters. The van der Waals surface area contributed by atoms with Crippen molar-refractivity contribution in [3.8, 4) is 5.75 Å². The number of methoxy groups -OCH3 is 1. The van der Waals surface area contributed by atoms with Crippen molar-refractivity contribution >= 4 is 22.8 Å². The number of aryl methyl sites for hydroxylation is 1. The number of carbonyl (C=O) groups is 2. The molecule has 1 aromatic heterocycles. The van der Waals surface area contributed by atoms with Crippen molar-refractivity contribution in [3.05, 3.63) is 29.5 Å². The van der Waals surface area contributed by atoms with Gasteiger partial charge < -0.3 is 23.9 Å². The van der Waals surface area contributed by atoms with E-state index in [1.54, 1.807) is 37.1 Å². The lowest BCUT2D eigenvalue weighted by atomic mass is 10.1. The third-order valence-electron chi connectivity index (χ3n) is 4.62. The van der Waals surface area contributed by atoms with Crippen molar-refractivity contribution in [1.29, 1.82) is 0 Å². The average Bonchev–Trinajstić information content (AvgIpc) is 3.23. The number of amides is 1. The van der Waals surface area contributed by atoms with E-state index in [1.165, 1.54) is 0 Å². The Morgan fingerprint density at radius 1 is 1.38 bits per heavy atom. The van der Waals surface area contributed by atoms with Gasteiger partial charge in [-0.25, -0.2) is 0 Å². The van der Waals surface area contributed by atoms with Crippen molar-refractivity contribution in [2.75, 3.05) is 26.8 Å². The minimum Gasteiger partial charge on any atom is -0.497 e. The molecule has 1 N–H and O–H groups in total. The molecule has 0 spiro atoms. The third kappa shape index (κ3) is 3.83. The van der Waals surface area contributed by atoms with Crippen molar-refractivity contribution in [2.24, 2.45) is 0 Å². The highest BCUT2D eigenvalue weighted by Crippen LogP contribution is 2.30. The second-order valence-electron chi connectivity index (χ2n) is 6.43. The summed E-state index contributed by atoms with van der Waals surface area (Å²) in [4.78, 5) is 25.8. The van der Waals surface area contributed by atoms with Gasteiger partial charge in [-0.05, 0) is 38.0 Å². The van der Waals surface area contributed by atoms with Crippen LogP contribution in [0.2, 0.25) is 0 Å². The molecule has 3 rings (SSSR count). The van der Waals surface area contributed by atoms with Gasteiger partial charge in [0.1, 0.15) is 17.1 Å². The summed E-state index contributed by atoms with van der Waals surface area (Å²) in [5, 5.41) is 9.69. The standard InChI is InChI=1S/C19H23NO6/c1-12-18(15-10-13(24-2)5-6-16(15)26-12)19(23)20(8-7-17(21)22)11-14-4-3-9-25-14/h5-6,10,14H,3-4,7-9,11H2,1-2H3,(H,21,22)/t14-/m1/s1. The number of fused-ring (bicyclic) bond motifs is 1. The maximum atomic E-state index is 13.2. The molecule has 26 heavy (non-hydrogen) atoms. The van der Waals surface area contributed by atoms with Crippen LogP contribution in [0, 0.1) is 6.92 Å². The summed E-state index contributed by atoms with van der Waals surface area (Å²) < 4.78 is 16.6. The molecule has 2 heterocycles. The molecule has 1 aliphatic rings. The highest BCUT2D eigenvalue weighted by molar-refractivity contribution is 6.07. The number of carboxylic acids is 1. The van der Waals surface area contributed by atoms with E-state index in [0.29, 0.717) is 41.2 Å². The van der Waals surface area contributed by atoms with Gasteiger partial charge in [0, 0.05) is 25.1 Å². The fourth-order valence-electron chi connectivity index (χ4n) is 3.29. The lowest BCUT2D eigenvalue weighted by Gasteiger charge is -2.25. The molecule has 0 aliphatic carbocycles. The average molecular weight is 361 g/mol. The van der Waals surface area contributed by atoms with Crippen LogP contribution in [0.25, 0.3) is 11.0 Å². The molecule has 0 radical (unpaired) electrons. The molecule has 7 heteroatoms. The SMILES string of the molecule is COc1ccc2oc(C)c(C(=O)N(CCC(=O)O)C[C@H]3CCCO3)c2c1. The number of hydrogen-bond donors (Lipinski definition) is 1. The normalized spacial score (nSPS) is 16.8. The third-order valence-corrected chi connectivity index (χ3v) is 4.62. The van der Waals surface area contributed by atoms with E-state index in [-0.39, 0.29) is 25.0 Å². The molecule has 0 saturated carbocycles. The fraction of sp³-hybridized carbons (Fsp3) is 0.474. The van der Waals surface area contributed by atoms with Crippen LogP contribution in [0.4, 0.5) is 0 Å². The highest BCUT2D eigenvalue weighted by atomic mass is 16.5. The molecular weight excluding hydrogens is 338 g/mol. The Morgan fingerprint density at radius 2 is 2.19 bits per heavy atom. The van der Waals surface area contributed by atoms with E-state index in [1.807, 2.05) is 0 Å². The van der Waals surface area contributed by atoms with Crippen LogP contribution >= 0.6 is 0 Å². The van der Waals surface area contributed by atoms with E-state index < -0.39 is 5.97 Å². The zero-order valence-corrected chi connectivity index (χ0v) is 15.0. The van der Waals surface area contributed by atoms with Gasteiger partial charge in [0.25, 0.3) is 5.91 Å². The second kappa shape index (κ2) is 7.78. The minimum absolute atomic E-state index is 0.0549. The van der Waals surface area contributed by atoms with E-state index in [0.717, 1.165) is 12.8 Å². The van der Waals surface area contributed by atoms with Crippen LogP contribution in [-0.4, -0.2) is 54.8 Å². The van der Waals surface area contributed by atoms with Gasteiger partial charge in [-0.3, -0.25) is 9.59 Å². The molecule has 0 bridgehead atoms. The number of carboxylic acid groups (broad SMARTS) is 1. The summed E-state index contributed by atoms with van der Waals surface area (Å²) in [5.74, 6) is -0.0497. The molecule has 140 valence electrons. The number of furan rings is 1. The maximum Gasteiger partial charge on any atom is 0.305 e. The molecule has 2 aromatic rings. The molecule has 1 fully saturated rings. The van der Waals surface area contributed by atoms with Gasteiger partial charge in [0.05, 0.1) is 25.2 Å². The van der Waals surface area contributed by atoms with Crippen molar-refractivity contribution < 1.29 is 28.6 Å². The minimum atomic E-state index is -0.939. The van der Waals surface area contributed by atoms with Gasteiger partial charge in [-0.15, -0.1) is 0 Å². The van der Waals surface area contributed by atoms with Crippen LogP contribution in [-0.2, 0) is 9.53 Å². The lowest BCUT2D eigenvalue weighted by molar-refractivity contribution is -0.137. The Bertz CT molecular complexity index is 806. The van der Waals surface area contributed by atoms with E-state index in [4.69, 9.17) is 19.0 Å². The molecule has 1 atom stereocenters. The van der Waals surface area contributed by atoms with Gasteiger partial charge in [0.15, 0.2) is 0 Å². The van der Waals surface area contributed by atoms with Crippen LogP contribution in [0.15, 0.2) is 22.6 Å². The Labute approximate surface area is 151 Å². The summed E-state index contributed by atoms with van der Waals surface area (Å²) in [7, 11) is 1.56. The Balaban J connectivity index is 1.92. The highest BCUT2D eigenvalue weighted by Gasteiger charge is 2.27. The quantitative estimate of drug-likeness (QED) is 0.816. The summed E-state index contributed by atoms with van der Waals surface area (Å²) >= 11 is 0. The van der Waals surface area contributed by atoms with Crippen LogP contribution < -0.4 is 4.74 Å². The monoisotopic (exact) mass is 361 g/mol. The fourth-order valence-corrected chi connectivity index (χ4v) is 3.29. The number of rotatable bonds is 7. The lowest BCUT2D eigenvalue weighted by Crippen LogP contribution is -2.39. The molecule has 1 aromatic carbocycles. The largest absolute Gasteiger partial charge is 0.497 e. The first-order valence-corrected chi connectivity index (χ1v) is 8.69.